The van der Waals surface area contributed by atoms with E-state index in [1.807, 2.05) is 4.90 Å². The van der Waals surface area contributed by atoms with E-state index in [0.717, 1.165) is 0 Å². The van der Waals surface area contributed by atoms with Gasteiger partial charge in [-0.1, -0.05) is 0 Å². The number of nitrogens with zero attached hydrogens (tertiary/aromatic N) is 3. The molecule has 2 heterocycles. The lowest BCUT2D eigenvalue weighted by Gasteiger charge is -2.31. The second kappa shape index (κ2) is 6.53. The molecule has 1 saturated heterocycles. The van der Waals surface area contributed by atoms with Crippen molar-refractivity contribution in [2.24, 2.45) is 5.73 Å². The quantitative estimate of drug-likeness (QED) is 0.867. The molecule has 23 heavy (non-hydrogen) atoms. The molecule has 1 amide bonds. The van der Waals surface area contributed by atoms with Gasteiger partial charge in [0.2, 0.25) is 0 Å². The van der Waals surface area contributed by atoms with Crippen LogP contribution in [0.5, 0.6) is 5.75 Å². The van der Waals surface area contributed by atoms with Crippen molar-refractivity contribution in [3.8, 4) is 5.75 Å². The van der Waals surface area contributed by atoms with Crippen LogP contribution in [0.4, 0.5) is 10.3 Å². The molecule has 2 aromatic rings. The third-order valence-electron chi connectivity index (χ3n) is 3.54. The van der Waals surface area contributed by atoms with Crippen molar-refractivity contribution in [1.82, 2.24) is 10.1 Å². The SMILES string of the molecule is NC(=O)c1nc(N2CCC(Oc3cc(F)ccc3Br)CC2)no1. The topological polar surface area (TPSA) is 94.5 Å². The molecule has 1 fully saturated rings. The zero-order valence-corrected chi connectivity index (χ0v) is 13.6. The Morgan fingerprint density at radius 3 is 2.83 bits per heavy atom. The van der Waals surface area contributed by atoms with Crippen molar-refractivity contribution >= 4 is 27.8 Å². The number of nitrogens with two attached hydrogens (primary N) is 1. The molecular weight excluding hydrogens is 371 g/mol. The number of hydrogen-bond donors (Lipinski definition) is 1. The summed E-state index contributed by atoms with van der Waals surface area (Å²) in [5, 5.41) is 3.74. The first-order valence-corrected chi connectivity index (χ1v) is 7.82. The number of rotatable bonds is 4. The molecule has 0 atom stereocenters. The first-order chi connectivity index (χ1) is 11.0. The fraction of sp³-hybridized carbons (Fsp3) is 0.357. The molecule has 3 rings (SSSR count). The molecule has 1 aromatic carbocycles. The molecule has 122 valence electrons. The van der Waals surface area contributed by atoms with E-state index in [1.165, 1.54) is 12.1 Å². The Labute approximate surface area is 139 Å². The van der Waals surface area contributed by atoms with Gasteiger partial charge in [0.15, 0.2) is 0 Å². The maximum absolute atomic E-state index is 13.3. The lowest BCUT2D eigenvalue weighted by molar-refractivity contribution is 0.0958. The Hall–Kier alpha value is -2.16. The molecule has 1 aliphatic heterocycles. The van der Waals surface area contributed by atoms with Gasteiger partial charge in [0, 0.05) is 32.0 Å². The normalized spacial score (nSPS) is 15.7. The van der Waals surface area contributed by atoms with E-state index < -0.39 is 5.91 Å². The smallest absolute Gasteiger partial charge is 0.317 e. The van der Waals surface area contributed by atoms with Crippen LogP contribution in [-0.2, 0) is 0 Å². The second-order valence-electron chi connectivity index (χ2n) is 5.14. The summed E-state index contributed by atoms with van der Waals surface area (Å²) in [5.74, 6) is -0.477. The van der Waals surface area contributed by atoms with Gasteiger partial charge in [0.05, 0.1) is 4.47 Å². The first kappa shape index (κ1) is 15.7. The third kappa shape index (κ3) is 3.61. The number of primary amides is 1. The number of benzene rings is 1. The van der Waals surface area contributed by atoms with Gasteiger partial charge in [0.25, 0.3) is 5.95 Å². The van der Waals surface area contributed by atoms with E-state index in [1.54, 1.807) is 6.07 Å². The standard InChI is InChI=1S/C14H14BrFN4O3/c15-10-2-1-8(16)7-11(10)22-9-3-5-20(6-4-9)14-18-13(12(17)21)23-19-14/h1-2,7,9H,3-6H2,(H2,17,21). The monoisotopic (exact) mass is 384 g/mol. The highest BCUT2D eigenvalue weighted by molar-refractivity contribution is 9.10. The Bertz CT molecular complexity index is 716. The number of halogens is 2. The highest BCUT2D eigenvalue weighted by Crippen LogP contribution is 2.29. The number of ether oxygens (including phenoxy) is 1. The summed E-state index contributed by atoms with van der Waals surface area (Å²) in [7, 11) is 0. The lowest BCUT2D eigenvalue weighted by Crippen LogP contribution is -2.38. The van der Waals surface area contributed by atoms with E-state index in [4.69, 9.17) is 15.0 Å². The summed E-state index contributed by atoms with van der Waals surface area (Å²) in [5.41, 5.74) is 5.08. The molecule has 0 bridgehead atoms. The number of aromatic nitrogens is 2. The number of carbonyl (C=O) groups excluding carboxylic acids is 1. The first-order valence-electron chi connectivity index (χ1n) is 7.03. The van der Waals surface area contributed by atoms with Gasteiger partial charge < -0.3 is 19.9 Å². The Morgan fingerprint density at radius 2 is 2.17 bits per heavy atom. The van der Waals surface area contributed by atoms with E-state index >= 15 is 0 Å². The second-order valence-corrected chi connectivity index (χ2v) is 6.00. The van der Waals surface area contributed by atoms with E-state index in [2.05, 4.69) is 26.1 Å². The molecule has 1 aliphatic rings. The summed E-state index contributed by atoms with van der Waals surface area (Å²) in [6.07, 6.45) is 1.39. The van der Waals surface area contributed by atoms with Crippen LogP contribution in [0.15, 0.2) is 27.2 Å². The van der Waals surface area contributed by atoms with Crippen molar-refractivity contribution in [3.63, 3.8) is 0 Å². The minimum absolute atomic E-state index is 0.0353. The fourth-order valence-corrected chi connectivity index (χ4v) is 2.71. The zero-order valence-electron chi connectivity index (χ0n) is 12.0. The highest BCUT2D eigenvalue weighted by atomic mass is 79.9. The molecule has 0 radical (unpaired) electrons. The third-order valence-corrected chi connectivity index (χ3v) is 4.19. The van der Waals surface area contributed by atoms with Gasteiger partial charge in [-0.2, -0.15) is 4.98 Å². The summed E-state index contributed by atoms with van der Waals surface area (Å²) >= 11 is 3.34. The van der Waals surface area contributed by atoms with Crippen LogP contribution in [0, 0.1) is 5.82 Å². The summed E-state index contributed by atoms with van der Waals surface area (Å²) in [6, 6.07) is 4.34. The van der Waals surface area contributed by atoms with Gasteiger partial charge in [0.1, 0.15) is 17.7 Å². The van der Waals surface area contributed by atoms with Crippen molar-refractivity contribution in [3.05, 3.63) is 34.4 Å². The lowest BCUT2D eigenvalue weighted by atomic mass is 10.1. The van der Waals surface area contributed by atoms with Crippen LogP contribution in [0.25, 0.3) is 0 Å². The molecular formula is C14H14BrFN4O3. The minimum atomic E-state index is -0.752. The minimum Gasteiger partial charge on any atom is -0.489 e. The van der Waals surface area contributed by atoms with Crippen LogP contribution >= 0.6 is 15.9 Å². The number of carbonyl (C=O) groups is 1. The van der Waals surface area contributed by atoms with E-state index in [9.17, 15) is 9.18 Å². The van der Waals surface area contributed by atoms with E-state index in [0.29, 0.717) is 42.1 Å². The summed E-state index contributed by atoms with van der Waals surface area (Å²) < 4.78 is 24.6. The molecule has 0 saturated carbocycles. The van der Waals surface area contributed by atoms with Gasteiger partial charge in [-0.3, -0.25) is 4.79 Å². The number of hydrogen-bond acceptors (Lipinski definition) is 6. The average Bonchev–Trinajstić information content (AvgIpc) is 3.02. The maximum Gasteiger partial charge on any atom is 0.317 e. The largest absolute Gasteiger partial charge is 0.489 e. The summed E-state index contributed by atoms with van der Waals surface area (Å²) in [6.45, 7) is 1.27. The van der Waals surface area contributed by atoms with Crippen LogP contribution in [0.3, 0.4) is 0 Å². The predicted molar refractivity (Wildman–Crippen MR) is 82.8 cm³/mol. The van der Waals surface area contributed by atoms with Crippen LogP contribution in [0.1, 0.15) is 23.5 Å². The van der Waals surface area contributed by atoms with Gasteiger partial charge in [-0.15, -0.1) is 0 Å². The van der Waals surface area contributed by atoms with Gasteiger partial charge in [-0.05, 0) is 33.2 Å². The Balaban J connectivity index is 1.59. The summed E-state index contributed by atoms with van der Waals surface area (Å²) in [4.78, 5) is 16.8. The molecule has 0 unspecified atom stereocenters. The Morgan fingerprint density at radius 1 is 1.43 bits per heavy atom. The van der Waals surface area contributed by atoms with Crippen LogP contribution < -0.4 is 15.4 Å². The van der Waals surface area contributed by atoms with Crippen LogP contribution in [-0.4, -0.2) is 35.2 Å². The number of anilines is 1. The van der Waals surface area contributed by atoms with Gasteiger partial charge >= 0.3 is 11.8 Å². The molecule has 1 aromatic heterocycles. The zero-order chi connectivity index (χ0) is 16.4. The Kier molecular flexibility index (Phi) is 4.46. The fourth-order valence-electron chi connectivity index (χ4n) is 2.36. The molecule has 7 nitrogen and oxygen atoms in total. The van der Waals surface area contributed by atoms with Crippen molar-refractivity contribution in [2.45, 2.75) is 18.9 Å². The average molecular weight is 385 g/mol. The van der Waals surface area contributed by atoms with Crippen molar-refractivity contribution < 1.29 is 18.4 Å². The molecule has 0 spiro atoms. The number of piperidine rings is 1. The highest BCUT2D eigenvalue weighted by Gasteiger charge is 2.25. The van der Waals surface area contributed by atoms with Crippen molar-refractivity contribution in [1.29, 1.82) is 0 Å². The molecule has 9 heteroatoms. The number of amides is 1. The maximum atomic E-state index is 13.3. The van der Waals surface area contributed by atoms with E-state index in [-0.39, 0.29) is 17.8 Å². The molecule has 0 aliphatic carbocycles. The predicted octanol–water partition coefficient (Wildman–Crippen LogP) is 2.12. The van der Waals surface area contributed by atoms with Crippen LogP contribution in [0.2, 0.25) is 0 Å². The molecule has 2 N–H and O–H groups in total. The van der Waals surface area contributed by atoms with Gasteiger partial charge in [-0.25, -0.2) is 4.39 Å². The van der Waals surface area contributed by atoms with Crippen molar-refractivity contribution in [2.75, 3.05) is 18.0 Å².